The van der Waals surface area contributed by atoms with E-state index in [0.29, 0.717) is 11.4 Å². The van der Waals surface area contributed by atoms with Gasteiger partial charge in [-0.15, -0.1) is 0 Å². The predicted octanol–water partition coefficient (Wildman–Crippen LogP) is 4.64. The summed E-state index contributed by atoms with van der Waals surface area (Å²) < 4.78 is 10.9. The molecule has 0 fully saturated rings. The molecule has 148 valence electrons. The molecule has 0 bridgehead atoms. The highest BCUT2D eigenvalue weighted by Crippen LogP contribution is 2.39. The van der Waals surface area contributed by atoms with Crippen LogP contribution in [-0.2, 0) is 0 Å². The van der Waals surface area contributed by atoms with Crippen molar-refractivity contribution in [1.29, 1.82) is 5.26 Å². The van der Waals surface area contributed by atoms with Crippen molar-refractivity contribution in [3.8, 4) is 17.6 Å². The van der Waals surface area contributed by atoms with Gasteiger partial charge in [0.2, 0.25) is 5.75 Å². The van der Waals surface area contributed by atoms with Gasteiger partial charge in [-0.05, 0) is 56.2 Å². The van der Waals surface area contributed by atoms with Crippen LogP contribution in [0, 0.1) is 28.4 Å². The summed E-state index contributed by atoms with van der Waals surface area (Å²) in [5.74, 6) is 0.663. The molecule has 0 radical (unpaired) electrons. The number of nitriles is 1. The van der Waals surface area contributed by atoms with Gasteiger partial charge in [-0.3, -0.25) is 10.1 Å². The summed E-state index contributed by atoms with van der Waals surface area (Å²) in [6.45, 7) is 5.51. The minimum absolute atomic E-state index is 0.0577. The van der Waals surface area contributed by atoms with Crippen molar-refractivity contribution in [3.63, 3.8) is 0 Å². The number of aromatic nitrogens is 2. The number of rotatable bonds is 6. The van der Waals surface area contributed by atoms with Crippen LogP contribution in [0.1, 0.15) is 30.8 Å². The molecule has 1 aromatic heterocycles. The van der Waals surface area contributed by atoms with E-state index in [0.717, 1.165) is 16.6 Å². The molecular weight excluding hydrogens is 372 g/mol. The lowest BCUT2D eigenvalue weighted by Gasteiger charge is -2.14. The van der Waals surface area contributed by atoms with Crippen LogP contribution in [0.5, 0.6) is 11.5 Å². The number of hydrogen-bond acceptors (Lipinski definition) is 6. The second-order valence-electron chi connectivity index (χ2n) is 6.77. The number of nitrogens with zero attached hydrogens (tertiary/aromatic N) is 3. The lowest BCUT2D eigenvalue weighted by atomic mass is 10.1. The standard InChI is InChI=1S/C21H20N4O4/c1-12(2)29-20-18(25(26)27)9-14(10-19(20)28-4)8-15(11-22)21-23-16-6-5-13(3)7-17(16)24-21/h5-10,12H,1-4H3,(H,23,24)/b15-8-. The minimum atomic E-state index is -0.534. The fourth-order valence-corrected chi connectivity index (χ4v) is 2.90. The van der Waals surface area contributed by atoms with Crippen LogP contribution in [0.4, 0.5) is 5.69 Å². The van der Waals surface area contributed by atoms with Gasteiger partial charge in [-0.2, -0.15) is 5.26 Å². The second kappa shape index (κ2) is 8.02. The van der Waals surface area contributed by atoms with E-state index in [1.165, 1.54) is 19.3 Å². The van der Waals surface area contributed by atoms with Crippen LogP contribution in [0.3, 0.4) is 0 Å². The zero-order chi connectivity index (χ0) is 21.1. The summed E-state index contributed by atoms with van der Waals surface area (Å²) >= 11 is 0. The molecule has 0 aliphatic heterocycles. The molecule has 0 saturated carbocycles. The number of nitro benzene ring substituents is 1. The summed E-state index contributed by atoms with van der Waals surface area (Å²) in [5.41, 5.74) is 3.05. The lowest BCUT2D eigenvalue weighted by molar-refractivity contribution is -0.386. The van der Waals surface area contributed by atoms with Crippen molar-refractivity contribution in [2.24, 2.45) is 0 Å². The van der Waals surface area contributed by atoms with Crippen molar-refractivity contribution in [3.05, 3.63) is 57.4 Å². The number of ether oxygens (including phenoxy) is 2. The summed E-state index contributed by atoms with van der Waals surface area (Å²) in [5, 5.41) is 21.2. The van der Waals surface area contributed by atoms with Crippen molar-refractivity contribution in [2.75, 3.05) is 7.11 Å². The summed E-state index contributed by atoms with van der Waals surface area (Å²) in [7, 11) is 1.41. The summed E-state index contributed by atoms with van der Waals surface area (Å²) in [4.78, 5) is 18.6. The number of aryl methyl sites for hydroxylation is 1. The monoisotopic (exact) mass is 392 g/mol. The van der Waals surface area contributed by atoms with E-state index in [4.69, 9.17) is 9.47 Å². The minimum Gasteiger partial charge on any atom is -0.493 e. The lowest BCUT2D eigenvalue weighted by Crippen LogP contribution is -2.09. The van der Waals surface area contributed by atoms with E-state index < -0.39 is 4.92 Å². The Balaban J connectivity index is 2.12. The molecule has 0 amide bonds. The number of fused-ring (bicyclic) bond motifs is 1. The maximum absolute atomic E-state index is 11.6. The van der Waals surface area contributed by atoms with Gasteiger partial charge in [0.05, 0.1) is 34.7 Å². The fourth-order valence-electron chi connectivity index (χ4n) is 2.90. The SMILES string of the molecule is COc1cc(/C=C(/C#N)c2nc3ccc(C)cc3[nH]2)cc([N+](=O)[O-])c1OC(C)C. The molecule has 1 heterocycles. The summed E-state index contributed by atoms with van der Waals surface area (Å²) in [6, 6.07) is 10.8. The number of benzene rings is 2. The Morgan fingerprint density at radius 1 is 1.34 bits per heavy atom. The number of methoxy groups -OCH3 is 1. The molecule has 8 heteroatoms. The molecule has 0 aliphatic rings. The first kappa shape index (κ1) is 19.9. The number of nitro groups is 1. The van der Waals surface area contributed by atoms with Crippen molar-refractivity contribution < 1.29 is 14.4 Å². The number of imidazole rings is 1. The van der Waals surface area contributed by atoms with Gasteiger partial charge in [0.15, 0.2) is 5.75 Å². The molecule has 3 aromatic rings. The van der Waals surface area contributed by atoms with E-state index in [1.54, 1.807) is 19.9 Å². The van der Waals surface area contributed by atoms with Gasteiger partial charge in [0, 0.05) is 6.07 Å². The van der Waals surface area contributed by atoms with Crippen LogP contribution < -0.4 is 9.47 Å². The first-order valence-electron chi connectivity index (χ1n) is 8.94. The molecule has 3 rings (SSSR count). The van der Waals surface area contributed by atoms with Gasteiger partial charge in [-0.25, -0.2) is 4.98 Å². The molecule has 29 heavy (non-hydrogen) atoms. The van der Waals surface area contributed by atoms with Crippen molar-refractivity contribution in [2.45, 2.75) is 26.9 Å². The largest absolute Gasteiger partial charge is 0.493 e. The van der Waals surface area contributed by atoms with Crippen LogP contribution in [0.25, 0.3) is 22.7 Å². The third-order valence-corrected chi connectivity index (χ3v) is 4.15. The first-order valence-corrected chi connectivity index (χ1v) is 8.94. The second-order valence-corrected chi connectivity index (χ2v) is 6.77. The van der Waals surface area contributed by atoms with Crippen LogP contribution >= 0.6 is 0 Å². The smallest absolute Gasteiger partial charge is 0.315 e. The van der Waals surface area contributed by atoms with Crippen LogP contribution in [0.15, 0.2) is 30.3 Å². The number of nitrogens with one attached hydrogen (secondary N) is 1. The Morgan fingerprint density at radius 2 is 2.10 bits per heavy atom. The van der Waals surface area contributed by atoms with E-state index in [2.05, 4.69) is 16.0 Å². The number of H-pyrrole nitrogens is 1. The van der Waals surface area contributed by atoms with Gasteiger partial charge in [0.1, 0.15) is 11.9 Å². The molecule has 0 unspecified atom stereocenters. The maximum atomic E-state index is 11.6. The molecular formula is C21H20N4O4. The molecule has 0 spiro atoms. The van der Waals surface area contributed by atoms with Gasteiger partial charge in [0.25, 0.3) is 0 Å². The Bertz CT molecular complexity index is 1160. The number of aromatic amines is 1. The molecule has 0 aliphatic carbocycles. The number of allylic oxidation sites excluding steroid dienone is 1. The quantitative estimate of drug-likeness (QED) is 0.371. The highest BCUT2D eigenvalue weighted by Gasteiger charge is 2.23. The molecule has 1 N–H and O–H groups in total. The zero-order valence-corrected chi connectivity index (χ0v) is 16.5. The van der Waals surface area contributed by atoms with E-state index in [9.17, 15) is 15.4 Å². The molecule has 8 nitrogen and oxygen atoms in total. The Kier molecular flexibility index (Phi) is 5.50. The molecule has 0 saturated heterocycles. The normalized spacial score (nSPS) is 11.5. The van der Waals surface area contributed by atoms with Crippen LogP contribution in [-0.4, -0.2) is 28.1 Å². The van der Waals surface area contributed by atoms with Crippen molar-refractivity contribution >= 4 is 28.4 Å². The van der Waals surface area contributed by atoms with E-state index in [1.807, 2.05) is 25.1 Å². The average molecular weight is 392 g/mol. The number of hydrogen-bond donors (Lipinski definition) is 1. The highest BCUT2D eigenvalue weighted by molar-refractivity contribution is 5.91. The first-order chi connectivity index (χ1) is 13.8. The topological polar surface area (TPSA) is 114 Å². The fraction of sp³-hybridized carbons (Fsp3) is 0.238. The zero-order valence-electron chi connectivity index (χ0n) is 16.5. The average Bonchev–Trinajstić information content (AvgIpc) is 3.08. The Morgan fingerprint density at radius 3 is 2.72 bits per heavy atom. The Labute approximate surface area is 167 Å². The highest BCUT2D eigenvalue weighted by atomic mass is 16.6. The molecule has 2 aromatic carbocycles. The van der Waals surface area contributed by atoms with Crippen LogP contribution in [0.2, 0.25) is 0 Å². The maximum Gasteiger partial charge on any atom is 0.315 e. The molecule has 0 atom stereocenters. The third kappa shape index (κ3) is 4.19. The van der Waals surface area contributed by atoms with Gasteiger partial charge in [-0.1, -0.05) is 6.07 Å². The Hall–Kier alpha value is -3.86. The predicted molar refractivity (Wildman–Crippen MR) is 110 cm³/mol. The van der Waals surface area contributed by atoms with Crippen molar-refractivity contribution in [1.82, 2.24) is 9.97 Å². The summed E-state index contributed by atoms with van der Waals surface area (Å²) in [6.07, 6.45) is 1.26. The third-order valence-electron chi connectivity index (χ3n) is 4.15. The van der Waals surface area contributed by atoms with E-state index >= 15 is 0 Å². The van der Waals surface area contributed by atoms with Gasteiger partial charge >= 0.3 is 5.69 Å². The van der Waals surface area contributed by atoms with E-state index in [-0.39, 0.29) is 28.9 Å². The van der Waals surface area contributed by atoms with Gasteiger partial charge < -0.3 is 14.5 Å².